The minimum Gasteiger partial charge on any atom is -0.392 e. The highest BCUT2D eigenvalue weighted by atomic mass is 19.4. The molecule has 17 heavy (non-hydrogen) atoms. The highest BCUT2D eigenvalue weighted by Gasteiger charge is 2.30. The largest absolute Gasteiger partial charge is 0.416 e. The molecule has 5 heteroatoms. The van der Waals surface area contributed by atoms with Crippen LogP contribution >= 0.6 is 0 Å². The zero-order chi connectivity index (χ0) is 12.5. The molecule has 2 nitrogen and oxygen atoms in total. The number of piperidine rings is 1. The van der Waals surface area contributed by atoms with Gasteiger partial charge in [-0.3, -0.25) is 0 Å². The Labute approximate surface area is 97.5 Å². The Balaban J connectivity index is 2.12. The molecular formula is C12H14F3NO. The van der Waals surface area contributed by atoms with Gasteiger partial charge in [0.2, 0.25) is 0 Å². The minimum absolute atomic E-state index is 0.0843. The summed E-state index contributed by atoms with van der Waals surface area (Å²) in [4.78, 5) is 0. The summed E-state index contributed by atoms with van der Waals surface area (Å²) in [6.07, 6.45) is -4.11. The van der Waals surface area contributed by atoms with Gasteiger partial charge in [0, 0.05) is 13.1 Å². The molecule has 2 atom stereocenters. The van der Waals surface area contributed by atoms with Crippen LogP contribution in [-0.4, -0.2) is 24.3 Å². The van der Waals surface area contributed by atoms with Crippen molar-refractivity contribution < 1.29 is 18.3 Å². The van der Waals surface area contributed by atoms with Crippen molar-refractivity contribution >= 4 is 0 Å². The van der Waals surface area contributed by atoms with Crippen LogP contribution < -0.4 is 5.32 Å². The summed E-state index contributed by atoms with van der Waals surface area (Å²) in [5, 5.41) is 12.5. The van der Waals surface area contributed by atoms with Gasteiger partial charge in [0.05, 0.1) is 11.7 Å². The van der Waals surface area contributed by atoms with E-state index in [-0.39, 0.29) is 5.92 Å². The standard InChI is InChI=1S/C12H14F3NO/c13-12(14,15)10-3-1-8(2-4-10)9-5-11(17)7-16-6-9/h1-4,9,11,16-17H,5-7H2. The highest BCUT2D eigenvalue weighted by Crippen LogP contribution is 2.31. The lowest BCUT2D eigenvalue weighted by Gasteiger charge is -2.27. The molecule has 0 saturated carbocycles. The minimum atomic E-state index is -4.29. The molecule has 0 aromatic heterocycles. The molecule has 1 fully saturated rings. The van der Waals surface area contributed by atoms with Crippen LogP contribution in [0.25, 0.3) is 0 Å². The van der Waals surface area contributed by atoms with Crippen LogP contribution in [-0.2, 0) is 6.18 Å². The average Bonchev–Trinajstić information content (AvgIpc) is 2.28. The molecule has 2 N–H and O–H groups in total. The van der Waals surface area contributed by atoms with Gasteiger partial charge in [-0.15, -0.1) is 0 Å². The molecule has 1 aliphatic rings. The Morgan fingerprint density at radius 2 is 1.76 bits per heavy atom. The molecule has 1 aliphatic heterocycles. The molecule has 1 saturated heterocycles. The van der Waals surface area contributed by atoms with E-state index in [1.807, 2.05) is 0 Å². The fraction of sp³-hybridized carbons (Fsp3) is 0.500. The fourth-order valence-electron chi connectivity index (χ4n) is 2.12. The third kappa shape index (κ3) is 2.98. The second-order valence-electron chi connectivity index (χ2n) is 4.36. The van der Waals surface area contributed by atoms with Crippen LogP contribution in [0.2, 0.25) is 0 Å². The average molecular weight is 245 g/mol. The Hall–Kier alpha value is -1.07. The molecule has 1 aromatic rings. The molecule has 1 heterocycles. The zero-order valence-electron chi connectivity index (χ0n) is 9.17. The van der Waals surface area contributed by atoms with E-state index in [4.69, 9.17) is 0 Å². The van der Waals surface area contributed by atoms with E-state index < -0.39 is 17.8 Å². The molecular weight excluding hydrogens is 231 g/mol. The summed E-state index contributed by atoms with van der Waals surface area (Å²) in [6.45, 7) is 1.25. The lowest BCUT2D eigenvalue weighted by Crippen LogP contribution is -2.38. The van der Waals surface area contributed by atoms with Gasteiger partial charge in [0.25, 0.3) is 0 Å². The summed E-state index contributed by atoms with van der Waals surface area (Å²) in [6, 6.07) is 5.17. The van der Waals surface area contributed by atoms with Crippen molar-refractivity contribution in [1.82, 2.24) is 5.32 Å². The lowest BCUT2D eigenvalue weighted by molar-refractivity contribution is -0.137. The molecule has 0 radical (unpaired) electrons. The number of aliphatic hydroxyl groups is 1. The summed E-state index contributed by atoms with van der Waals surface area (Å²) >= 11 is 0. The summed E-state index contributed by atoms with van der Waals surface area (Å²) in [7, 11) is 0. The fourth-order valence-corrected chi connectivity index (χ4v) is 2.12. The Morgan fingerprint density at radius 1 is 1.12 bits per heavy atom. The number of halogens is 3. The second-order valence-corrected chi connectivity index (χ2v) is 4.36. The predicted octanol–water partition coefficient (Wildman–Crippen LogP) is 2.14. The summed E-state index contributed by atoms with van der Waals surface area (Å²) in [5.74, 6) is 0.0843. The van der Waals surface area contributed by atoms with E-state index in [1.165, 1.54) is 12.1 Å². The van der Waals surface area contributed by atoms with E-state index in [2.05, 4.69) is 5.32 Å². The number of hydrogen-bond donors (Lipinski definition) is 2. The first-order chi connectivity index (χ1) is 7.97. The van der Waals surface area contributed by atoms with E-state index in [1.54, 1.807) is 0 Å². The molecule has 1 aromatic carbocycles. The van der Waals surface area contributed by atoms with Crippen molar-refractivity contribution in [3.8, 4) is 0 Å². The number of benzene rings is 1. The van der Waals surface area contributed by atoms with E-state index in [9.17, 15) is 18.3 Å². The maximum absolute atomic E-state index is 12.4. The van der Waals surface area contributed by atoms with Gasteiger partial charge in [-0.05, 0) is 30.0 Å². The Bertz CT molecular complexity index is 374. The van der Waals surface area contributed by atoms with Crippen molar-refractivity contribution in [3.05, 3.63) is 35.4 Å². The quantitative estimate of drug-likeness (QED) is 0.794. The van der Waals surface area contributed by atoms with Crippen molar-refractivity contribution in [3.63, 3.8) is 0 Å². The molecule has 94 valence electrons. The maximum Gasteiger partial charge on any atom is 0.416 e. The first-order valence-corrected chi connectivity index (χ1v) is 5.53. The zero-order valence-corrected chi connectivity index (χ0v) is 9.17. The molecule has 0 spiro atoms. The van der Waals surface area contributed by atoms with Crippen molar-refractivity contribution in [2.45, 2.75) is 24.6 Å². The van der Waals surface area contributed by atoms with Gasteiger partial charge in [0.1, 0.15) is 0 Å². The monoisotopic (exact) mass is 245 g/mol. The molecule has 0 amide bonds. The third-order valence-corrected chi connectivity index (χ3v) is 3.04. The van der Waals surface area contributed by atoms with Crippen molar-refractivity contribution in [2.75, 3.05) is 13.1 Å². The number of β-amino-alcohol motifs (C(OH)–C–C–N with tert-alkyl or cyclic N) is 1. The van der Waals surface area contributed by atoms with Crippen LogP contribution in [0.5, 0.6) is 0 Å². The van der Waals surface area contributed by atoms with Crippen LogP contribution in [0.4, 0.5) is 13.2 Å². The number of aliphatic hydroxyl groups excluding tert-OH is 1. The number of hydrogen-bond acceptors (Lipinski definition) is 2. The van der Waals surface area contributed by atoms with Crippen LogP contribution in [0.3, 0.4) is 0 Å². The Kier molecular flexibility index (Phi) is 3.40. The van der Waals surface area contributed by atoms with Gasteiger partial charge in [-0.2, -0.15) is 13.2 Å². The topological polar surface area (TPSA) is 32.3 Å². The first-order valence-electron chi connectivity index (χ1n) is 5.53. The van der Waals surface area contributed by atoms with E-state index in [0.717, 1.165) is 17.7 Å². The first kappa shape index (κ1) is 12.4. The Morgan fingerprint density at radius 3 is 2.29 bits per heavy atom. The van der Waals surface area contributed by atoms with Crippen LogP contribution in [0, 0.1) is 0 Å². The smallest absolute Gasteiger partial charge is 0.392 e. The van der Waals surface area contributed by atoms with Crippen LogP contribution in [0.15, 0.2) is 24.3 Å². The SMILES string of the molecule is OC1CNCC(c2ccc(C(F)(F)F)cc2)C1. The molecule has 0 bridgehead atoms. The number of alkyl halides is 3. The van der Waals surface area contributed by atoms with E-state index >= 15 is 0 Å². The van der Waals surface area contributed by atoms with Crippen molar-refractivity contribution in [1.29, 1.82) is 0 Å². The number of nitrogens with one attached hydrogen (secondary N) is 1. The van der Waals surface area contributed by atoms with Gasteiger partial charge < -0.3 is 10.4 Å². The van der Waals surface area contributed by atoms with Gasteiger partial charge in [-0.25, -0.2) is 0 Å². The number of rotatable bonds is 1. The molecule has 0 aliphatic carbocycles. The summed E-state index contributed by atoms with van der Waals surface area (Å²) in [5.41, 5.74) is 0.204. The third-order valence-electron chi connectivity index (χ3n) is 3.04. The van der Waals surface area contributed by atoms with Crippen LogP contribution in [0.1, 0.15) is 23.5 Å². The maximum atomic E-state index is 12.4. The second kappa shape index (κ2) is 4.66. The molecule has 2 rings (SSSR count). The molecule has 2 unspecified atom stereocenters. The summed E-state index contributed by atoms with van der Waals surface area (Å²) < 4.78 is 37.1. The normalized spacial score (nSPS) is 25.9. The highest BCUT2D eigenvalue weighted by molar-refractivity contribution is 5.27. The van der Waals surface area contributed by atoms with E-state index in [0.29, 0.717) is 19.5 Å². The van der Waals surface area contributed by atoms with Gasteiger partial charge in [-0.1, -0.05) is 12.1 Å². The predicted molar refractivity (Wildman–Crippen MR) is 57.7 cm³/mol. The lowest BCUT2D eigenvalue weighted by atomic mass is 9.90. The van der Waals surface area contributed by atoms with Gasteiger partial charge in [0.15, 0.2) is 0 Å². The van der Waals surface area contributed by atoms with Gasteiger partial charge >= 0.3 is 6.18 Å². The van der Waals surface area contributed by atoms with Crippen molar-refractivity contribution in [2.24, 2.45) is 0 Å².